The number of thiocarbonyl (C=S) groups is 1. The zero-order valence-corrected chi connectivity index (χ0v) is 13.8. The van der Waals surface area contributed by atoms with E-state index in [1.165, 1.54) is 25.7 Å². The van der Waals surface area contributed by atoms with E-state index in [0.717, 1.165) is 49.3 Å². The van der Waals surface area contributed by atoms with E-state index >= 15 is 0 Å². The zero-order valence-electron chi connectivity index (χ0n) is 13.0. The lowest BCUT2D eigenvalue weighted by atomic mass is 10.1. The van der Waals surface area contributed by atoms with Crippen molar-refractivity contribution in [3.8, 4) is 0 Å². The summed E-state index contributed by atoms with van der Waals surface area (Å²) in [5, 5.41) is 4.50. The van der Waals surface area contributed by atoms with E-state index in [0.29, 0.717) is 4.99 Å². The molecule has 1 saturated heterocycles. The minimum Gasteiger partial charge on any atom is -0.389 e. The third-order valence-corrected chi connectivity index (χ3v) is 5.10. The molecule has 2 N–H and O–H groups in total. The number of hydrogen-bond donors (Lipinski definition) is 1. The second-order valence-electron chi connectivity index (χ2n) is 6.23. The van der Waals surface area contributed by atoms with Gasteiger partial charge in [-0.3, -0.25) is 9.58 Å². The molecule has 1 aliphatic heterocycles. The summed E-state index contributed by atoms with van der Waals surface area (Å²) < 4.78 is 1.93. The maximum Gasteiger partial charge on any atom is 0.137 e. The van der Waals surface area contributed by atoms with Gasteiger partial charge in [0, 0.05) is 39.3 Å². The Morgan fingerprint density at radius 1 is 1.19 bits per heavy atom. The standard InChI is InChI=1S/C15H25N5S/c1-11-13(14(16)21)15(18(2)17-11)20-9-7-19(8-10-20)12-5-3-4-6-12/h12H,3-10H2,1-2H3,(H2,16,21). The quantitative estimate of drug-likeness (QED) is 0.856. The average Bonchev–Trinajstić information content (AvgIpc) is 3.06. The Kier molecular flexibility index (Phi) is 4.17. The molecular formula is C15H25N5S. The van der Waals surface area contributed by atoms with Gasteiger partial charge in [0.05, 0.1) is 11.3 Å². The van der Waals surface area contributed by atoms with E-state index in [1.807, 2.05) is 18.7 Å². The van der Waals surface area contributed by atoms with Crippen LogP contribution in [0.2, 0.25) is 0 Å². The third kappa shape index (κ3) is 2.79. The number of aryl methyl sites for hydroxylation is 2. The molecule has 2 heterocycles. The van der Waals surface area contributed by atoms with Gasteiger partial charge in [-0.15, -0.1) is 0 Å². The molecule has 2 aliphatic rings. The van der Waals surface area contributed by atoms with Gasteiger partial charge in [-0.1, -0.05) is 25.1 Å². The lowest BCUT2D eigenvalue weighted by Gasteiger charge is -2.39. The Morgan fingerprint density at radius 3 is 2.38 bits per heavy atom. The first-order valence-corrected chi connectivity index (χ1v) is 8.31. The van der Waals surface area contributed by atoms with Crippen molar-refractivity contribution in [3.05, 3.63) is 11.3 Å². The molecule has 1 saturated carbocycles. The van der Waals surface area contributed by atoms with E-state index in [1.54, 1.807) is 0 Å². The summed E-state index contributed by atoms with van der Waals surface area (Å²) in [5.74, 6) is 1.09. The molecular weight excluding hydrogens is 282 g/mol. The number of nitrogens with zero attached hydrogens (tertiary/aromatic N) is 4. The predicted octanol–water partition coefficient (Wildman–Crippen LogP) is 1.43. The topological polar surface area (TPSA) is 50.3 Å². The first kappa shape index (κ1) is 14.8. The van der Waals surface area contributed by atoms with Crippen LogP contribution in [-0.2, 0) is 7.05 Å². The van der Waals surface area contributed by atoms with Gasteiger partial charge in [-0.05, 0) is 19.8 Å². The molecule has 3 rings (SSSR count). The van der Waals surface area contributed by atoms with Crippen LogP contribution in [0.5, 0.6) is 0 Å². The molecule has 0 amide bonds. The summed E-state index contributed by atoms with van der Waals surface area (Å²) in [4.78, 5) is 5.50. The first-order valence-electron chi connectivity index (χ1n) is 7.90. The van der Waals surface area contributed by atoms with Crippen LogP contribution < -0.4 is 10.6 Å². The summed E-state index contributed by atoms with van der Waals surface area (Å²) in [7, 11) is 1.98. The van der Waals surface area contributed by atoms with Gasteiger partial charge >= 0.3 is 0 Å². The van der Waals surface area contributed by atoms with Crippen molar-refractivity contribution in [2.24, 2.45) is 12.8 Å². The highest BCUT2D eigenvalue weighted by Gasteiger charge is 2.29. The summed E-state index contributed by atoms with van der Waals surface area (Å²) in [6.45, 7) is 6.31. The molecule has 0 spiro atoms. The fourth-order valence-corrected chi connectivity index (χ4v) is 4.10. The van der Waals surface area contributed by atoms with Crippen LogP contribution in [0.4, 0.5) is 5.82 Å². The molecule has 0 aromatic carbocycles. The highest BCUT2D eigenvalue weighted by Crippen LogP contribution is 2.27. The smallest absolute Gasteiger partial charge is 0.137 e. The Hall–Kier alpha value is -1.14. The van der Waals surface area contributed by atoms with E-state index in [2.05, 4.69) is 14.9 Å². The maximum absolute atomic E-state index is 5.90. The van der Waals surface area contributed by atoms with E-state index in [4.69, 9.17) is 18.0 Å². The van der Waals surface area contributed by atoms with Crippen molar-refractivity contribution in [2.45, 2.75) is 38.6 Å². The Morgan fingerprint density at radius 2 is 1.81 bits per heavy atom. The minimum absolute atomic E-state index is 0.453. The van der Waals surface area contributed by atoms with Crippen LogP contribution in [-0.4, -0.2) is 51.9 Å². The second kappa shape index (κ2) is 5.93. The van der Waals surface area contributed by atoms with Crippen molar-refractivity contribution in [3.63, 3.8) is 0 Å². The summed E-state index contributed by atoms with van der Waals surface area (Å²) in [6, 6.07) is 0.815. The fourth-order valence-electron chi connectivity index (χ4n) is 3.87. The molecule has 6 heteroatoms. The van der Waals surface area contributed by atoms with Gasteiger partial charge in [-0.25, -0.2) is 0 Å². The molecule has 0 bridgehead atoms. The van der Waals surface area contributed by atoms with Gasteiger partial charge in [0.2, 0.25) is 0 Å². The van der Waals surface area contributed by atoms with Crippen LogP contribution in [0.3, 0.4) is 0 Å². The number of aromatic nitrogens is 2. The highest BCUT2D eigenvalue weighted by molar-refractivity contribution is 7.80. The number of anilines is 1. The molecule has 1 aromatic rings. The molecule has 1 aliphatic carbocycles. The molecule has 21 heavy (non-hydrogen) atoms. The van der Waals surface area contributed by atoms with E-state index in [9.17, 15) is 0 Å². The molecule has 1 aromatic heterocycles. The second-order valence-corrected chi connectivity index (χ2v) is 6.67. The normalized spacial score (nSPS) is 21.1. The van der Waals surface area contributed by atoms with Gasteiger partial charge in [0.25, 0.3) is 0 Å². The number of hydrogen-bond acceptors (Lipinski definition) is 4. The van der Waals surface area contributed by atoms with Crippen LogP contribution in [0, 0.1) is 6.92 Å². The van der Waals surface area contributed by atoms with Crippen molar-refractivity contribution < 1.29 is 0 Å². The molecule has 5 nitrogen and oxygen atoms in total. The zero-order chi connectivity index (χ0) is 15.0. The average molecular weight is 307 g/mol. The van der Waals surface area contributed by atoms with Gasteiger partial charge in [-0.2, -0.15) is 5.10 Å². The van der Waals surface area contributed by atoms with Crippen LogP contribution in [0.25, 0.3) is 0 Å². The lowest BCUT2D eigenvalue weighted by Crippen LogP contribution is -2.50. The SMILES string of the molecule is Cc1nn(C)c(N2CCN(C3CCCC3)CC2)c1C(N)=S. The van der Waals surface area contributed by atoms with Gasteiger partial charge in [0.1, 0.15) is 10.8 Å². The van der Waals surface area contributed by atoms with Crippen LogP contribution >= 0.6 is 12.2 Å². The summed E-state index contributed by atoms with van der Waals surface area (Å²) >= 11 is 5.22. The van der Waals surface area contributed by atoms with Crippen LogP contribution in [0.15, 0.2) is 0 Å². The maximum atomic E-state index is 5.90. The lowest BCUT2D eigenvalue weighted by molar-refractivity contribution is 0.187. The number of nitrogens with two attached hydrogens (primary N) is 1. The van der Waals surface area contributed by atoms with E-state index < -0.39 is 0 Å². The molecule has 0 atom stereocenters. The first-order chi connectivity index (χ1) is 10.1. The molecule has 2 fully saturated rings. The summed E-state index contributed by atoms with van der Waals surface area (Å²) in [6.07, 6.45) is 5.56. The monoisotopic (exact) mass is 307 g/mol. The fraction of sp³-hybridized carbons (Fsp3) is 0.733. The van der Waals surface area contributed by atoms with Gasteiger partial charge < -0.3 is 10.6 Å². The Bertz CT molecular complexity index is 524. The Balaban J connectivity index is 1.73. The number of rotatable bonds is 3. The van der Waals surface area contributed by atoms with Crippen LogP contribution in [0.1, 0.15) is 36.9 Å². The highest BCUT2D eigenvalue weighted by atomic mass is 32.1. The van der Waals surface area contributed by atoms with Gasteiger partial charge in [0.15, 0.2) is 0 Å². The molecule has 0 radical (unpaired) electrons. The summed E-state index contributed by atoms with van der Waals surface area (Å²) in [5.41, 5.74) is 7.78. The minimum atomic E-state index is 0.453. The third-order valence-electron chi connectivity index (χ3n) is 4.89. The van der Waals surface area contributed by atoms with Crippen molar-refractivity contribution in [1.82, 2.24) is 14.7 Å². The Labute approximate surface area is 132 Å². The van der Waals surface area contributed by atoms with Crippen molar-refractivity contribution >= 4 is 23.0 Å². The predicted molar refractivity (Wildman–Crippen MR) is 89.9 cm³/mol. The van der Waals surface area contributed by atoms with Crippen molar-refractivity contribution in [1.29, 1.82) is 0 Å². The number of piperazine rings is 1. The largest absolute Gasteiger partial charge is 0.389 e. The molecule has 0 unspecified atom stereocenters. The van der Waals surface area contributed by atoms with Crippen molar-refractivity contribution in [2.75, 3.05) is 31.1 Å². The molecule has 116 valence electrons. The van der Waals surface area contributed by atoms with E-state index in [-0.39, 0.29) is 0 Å².